The van der Waals surface area contributed by atoms with Crippen LogP contribution in [0.1, 0.15) is 12.0 Å². The molecular formula is C20H20ClF3N4O2. The van der Waals surface area contributed by atoms with E-state index in [0.717, 1.165) is 6.07 Å². The first-order chi connectivity index (χ1) is 14.2. The maximum Gasteiger partial charge on any atom is 0.418 e. The second-order valence-electron chi connectivity index (χ2n) is 6.74. The number of carbonyl (C=O) groups is 2. The third-order valence-corrected chi connectivity index (χ3v) is 4.86. The van der Waals surface area contributed by atoms with Crippen LogP contribution in [0.25, 0.3) is 0 Å². The third kappa shape index (κ3) is 5.56. The van der Waals surface area contributed by atoms with Gasteiger partial charge in [0.1, 0.15) is 0 Å². The molecule has 2 aromatic rings. The lowest BCUT2D eigenvalue weighted by Gasteiger charge is -2.23. The van der Waals surface area contributed by atoms with Gasteiger partial charge in [0.25, 0.3) is 0 Å². The van der Waals surface area contributed by atoms with Crippen LogP contribution in [-0.2, 0) is 6.18 Å². The van der Waals surface area contributed by atoms with Crippen LogP contribution in [0.3, 0.4) is 0 Å². The lowest BCUT2D eigenvalue weighted by Crippen LogP contribution is -2.40. The average Bonchev–Trinajstić information content (AvgIpc) is 2.94. The number of urea groups is 2. The van der Waals surface area contributed by atoms with E-state index >= 15 is 0 Å². The van der Waals surface area contributed by atoms with Crippen LogP contribution in [-0.4, -0.2) is 48.0 Å². The Kier molecular flexibility index (Phi) is 6.71. The lowest BCUT2D eigenvalue weighted by molar-refractivity contribution is -0.136. The van der Waals surface area contributed by atoms with E-state index < -0.39 is 17.8 Å². The highest BCUT2D eigenvalue weighted by Gasteiger charge is 2.34. The SMILES string of the molecule is O=C(Nc1cccc(Cl)c1)N1CCCN(C(=O)Nc2ccccc2C(F)(F)F)CC1. The van der Waals surface area contributed by atoms with Crippen molar-refractivity contribution in [2.75, 3.05) is 36.8 Å². The van der Waals surface area contributed by atoms with E-state index in [4.69, 9.17) is 11.6 Å². The Balaban J connectivity index is 1.60. The Morgan fingerprint density at radius 1 is 0.867 bits per heavy atom. The number of alkyl halides is 3. The molecule has 1 heterocycles. The summed E-state index contributed by atoms with van der Waals surface area (Å²) < 4.78 is 39.4. The molecule has 3 rings (SSSR count). The van der Waals surface area contributed by atoms with Crippen LogP contribution in [0.5, 0.6) is 0 Å². The smallest absolute Gasteiger partial charge is 0.323 e. The van der Waals surface area contributed by atoms with Crippen molar-refractivity contribution in [2.45, 2.75) is 12.6 Å². The molecule has 0 aromatic heterocycles. The van der Waals surface area contributed by atoms with Crippen molar-refractivity contribution in [1.29, 1.82) is 0 Å². The van der Waals surface area contributed by atoms with Crippen molar-refractivity contribution in [3.05, 3.63) is 59.1 Å². The first-order valence-electron chi connectivity index (χ1n) is 9.28. The molecule has 2 N–H and O–H groups in total. The fourth-order valence-electron chi connectivity index (χ4n) is 3.13. The highest BCUT2D eigenvalue weighted by molar-refractivity contribution is 6.30. The molecule has 0 radical (unpaired) electrons. The molecule has 0 unspecified atom stereocenters. The number of benzene rings is 2. The zero-order chi connectivity index (χ0) is 21.7. The van der Waals surface area contributed by atoms with Crippen LogP contribution >= 0.6 is 11.6 Å². The van der Waals surface area contributed by atoms with Crippen LogP contribution in [0.15, 0.2) is 48.5 Å². The minimum atomic E-state index is -4.57. The summed E-state index contributed by atoms with van der Waals surface area (Å²) >= 11 is 5.91. The molecule has 0 saturated carbocycles. The van der Waals surface area contributed by atoms with Crippen molar-refractivity contribution < 1.29 is 22.8 Å². The zero-order valence-corrected chi connectivity index (χ0v) is 16.6. The molecule has 0 bridgehead atoms. The summed E-state index contributed by atoms with van der Waals surface area (Å²) in [4.78, 5) is 28.0. The summed E-state index contributed by atoms with van der Waals surface area (Å²) in [6, 6.07) is 10.6. The average molecular weight is 441 g/mol. The van der Waals surface area contributed by atoms with Gasteiger partial charge in [0.15, 0.2) is 0 Å². The van der Waals surface area contributed by atoms with Gasteiger partial charge in [0, 0.05) is 36.9 Å². The number of anilines is 2. The maximum atomic E-state index is 13.1. The summed E-state index contributed by atoms with van der Waals surface area (Å²) in [7, 11) is 0. The largest absolute Gasteiger partial charge is 0.418 e. The van der Waals surface area contributed by atoms with Crippen molar-refractivity contribution in [2.24, 2.45) is 0 Å². The Bertz CT molecular complexity index is 923. The number of hydrogen-bond donors (Lipinski definition) is 2. The van der Waals surface area contributed by atoms with E-state index in [2.05, 4.69) is 10.6 Å². The quantitative estimate of drug-likeness (QED) is 0.680. The Hall–Kier alpha value is -2.94. The summed E-state index contributed by atoms with van der Waals surface area (Å²) in [6.07, 6.45) is -4.07. The van der Waals surface area contributed by atoms with Gasteiger partial charge in [0.05, 0.1) is 11.3 Å². The fraction of sp³-hybridized carbons (Fsp3) is 0.300. The number of nitrogens with one attached hydrogen (secondary N) is 2. The van der Waals surface area contributed by atoms with Gasteiger partial charge in [-0.2, -0.15) is 13.2 Å². The fourth-order valence-corrected chi connectivity index (χ4v) is 3.32. The van der Waals surface area contributed by atoms with Crippen molar-refractivity contribution in [3.63, 3.8) is 0 Å². The number of nitrogens with zero attached hydrogens (tertiary/aromatic N) is 2. The van der Waals surface area contributed by atoms with Gasteiger partial charge < -0.3 is 20.4 Å². The number of amides is 4. The van der Waals surface area contributed by atoms with E-state index in [0.29, 0.717) is 30.2 Å². The molecule has 10 heteroatoms. The summed E-state index contributed by atoms with van der Waals surface area (Å²) in [6.45, 7) is 1.18. The lowest BCUT2D eigenvalue weighted by atomic mass is 10.1. The summed E-state index contributed by atoms with van der Waals surface area (Å²) in [5.74, 6) is 0. The third-order valence-electron chi connectivity index (χ3n) is 4.62. The number of rotatable bonds is 2. The van der Waals surface area contributed by atoms with Gasteiger partial charge >= 0.3 is 18.2 Å². The van der Waals surface area contributed by atoms with E-state index in [9.17, 15) is 22.8 Å². The first kappa shape index (κ1) is 21.8. The van der Waals surface area contributed by atoms with E-state index in [1.165, 1.54) is 23.1 Å². The van der Waals surface area contributed by atoms with Crippen LogP contribution in [0, 0.1) is 0 Å². The molecule has 4 amide bonds. The molecule has 0 aliphatic carbocycles. The predicted molar refractivity (Wildman–Crippen MR) is 109 cm³/mol. The standard InChI is InChI=1S/C20H20ClF3N4O2/c21-14-5-3-6-15(13-14)25-18(29)27-9-4-10-28(12-11-27)19(30)26-17-8-2-1-7-16(17)20(22,23)24/h1-3,5-8,13H,4,9-12H2,(H,25,29)(H,26,30). The molecular weight excluding hydrogens is 421 g/mol. The zero-order valence-electron chi connectivity index (χ0n) is 15.9. The highest BCUT2D eigenvalue weighted by atomic mass is 35.5. The second kappa shape index (κ2) is 9.25. The Labute approximate surface area is 176 Å². The molecule has 0 atom stereocenters. The van der Waals surface area contributed by atoms with Gasteiger partial charge in [-0.3, -0.25) is 0 Å². The predicted octanol–water partition coefficient (Wildman–Crippen LogP) is 5.13. The van der Waals surface area contributed by atoms with Gasteiger partial charge in [-0.15, -0.1) is 0 Å². The Morgan fingerprint density at radius 2 is 1.50 bits per heavy atom. The molecule has 30 heavy (non-hydrogen) atoms. The van der Waals surface area contributed by atoms with Crippen LogP contribution in [0.2, 0.25) is 5.02 Å². The molecule has 1 saturated heterocycles. The summed E-state index contributed by atoms with van der Waals surface area (Å²) in [5, 5.41) is 5.58. The molecule has 6 nitrogen and oxygen atoms in total. The van der Waals surface area contributed by atoms with Gasteiger partial charge in [-0.1, -0.05) is 29.8 Å². The van der Waals surface area contributed by atoms with Crippen molar-refractivity contribution in [3.8, 4) is 0 Å². The Morgan fingerprint density at radius 3 is 2.13 bits per heavy atom. The van der Waals surface area contributed by atoms with E-state index in [1.807, 2.05) is 0 Å². The van der Waals surface area contributed by atoms with Crippen molar-refractivity contribution in [1.82, 2.24) is 9.80 Å². The number of halogens is 4. The van der Waals surface area contributed by atoms with E-state index in [1.54, 1.807) is 29.2 Å². The minimum absolute atomic E-state index is 0.197. The van der Waals surface area contributed by atoms with Crippen LogP contribution < -0.4 is 10.6 Å². The van der Waals surface area contributed by atoms with Gasteiger partial charge in [-0.05, 0) is 36.8 Å². The molecule has 0 spiro atoms. The molecule has 1 aliphatic rings. The molecule has 2 aromatic carbocycles. The first-order valence-corrected chi connectivity index (χ1v) is 9.65. The topological polar surface area (TPSA) is 64.7 Å². The monoisotopic (exact) mass is 440 g/mol. The molecule has 160 valence electrons. The molecule has 1 aliphatic heterocycles. The second-order valence-corrected chi connectivity index (χ2v) is 7.18. The number of para-hydroxylation sites is 1. The van der Waals surface area contributed by atoms with Gasteiger partial charge in [-0.25, -0.2) is 9.59 Å². The van der Waals surface area contributed by atoms with Gasteiger partial charge in [0.2, 0.25) is 0 Å². The molecule has 1 fully saturated rings. The summed E-state index contributed by atoms with van der Waals surface area (Å²) in [5.41, 5.74) is -0.652. The number of carbonyl (C=O) groups excluding carboxylic acids is 2. The highest BCUT2D eigenvalue weighted by Crippen LogP contribution is 2.34. The maximum absolute atomic E-state index is 13.1. The van der Waals surface area contributed by atoms with E-state index in [-0.39, 0.29) is 24.8 Å². The van der Waals surface area contributed by atoms with Crippen molar-refractivity contribution >= 4 is 35.0 Å². The minimum Gasteiger partial charge on any atom is -0.323 e. The number of hydrogen-bond acceptors (Lipinski definition) is 2. The normalized spacial score (nSPS) is 14.8. The van der Waals surface area contributed by atoms with Crippen LogP contribution in [0.4, 0.5) is 34.1 Å².